The lowest BCUT2D eigenvalue weighted by molar-refractivity contribution is -0.143. The Hall–Kier alpha value is -4.87. The first-order valence-electron chi connectivity index (χ1n) is 15.1. The zero-order valence-corrected chi connectivity index (χ0v) is 26.3. The largest absolute Gasteiger partial charge is 0.481 e. The van der Waals surface area contributed by atoms with Gasteiger partial charge in [0.1, 0.15) is 11.8 Å². The number of amides is 1. The molecule has 0 radical (unpaired) electrons. The molecule has 1 saturated heterocycles. The summed E-state index contributed by atoms with van der Waals surface area (Å²) in [7, 11) is 0. The van der Waals surface area contributed by atoms with E-state index in [4.69, 9.17) is 9.72 Å². The number of aromatic nitrogens is 2. The Bertz CT molecular complexity index is 1640. The molecule has 9 nitrogen and oxygen atoms in total. The van der Waals surface area contributed by atoms with Crippen LogP contribution in [0.15, 0.2) is 48.7 Å². The fourth-order valence-electron chi connectivity index (χ4n) is 5.70. The number of nitriles is 1. The minimum absolute atomic E-state index is 0.00866. The normalized spacial score (nSPS) is 17.2. The number of benzene rings is 2. The molecule has 0 aliphatic carbocycles. The smallest absolute Gasteiger partial charge is 0.416 e. The second-order valence-corrected chi connectivity index (χ2v) is 11.5. The van der Waals surface area contributed by atoms with Gasteiger partial charge < -0.3 is 14.7 Å². The molecule has 256 valence electrons. The van der Waals surface area contributed by atoms with Crippen LogP contribution in [0.2, 0.25) is 0 Å². The number of carboxylic acid groups (broad SMARTS) is 1. The van der Waals surface area contributed by atoms with Crippen molar-refractivity contribution in [2.45, 2.75) is 71.1 Å². The Labute approximate surface area is 272 Å². The molecule has 1 aromatic heterocycles. The van der Waals surface area contributed by atoms with Crippen LogP contribution in [0, 0.1) is 17.2 Å². The number of anilines is 1. The van der Waals surface area contributed by atoms with Crippen molar-refractivity contribution in [3.8, 4) is 17.3 Å². The van der Waals surface area contributed by atoms with E-state index in [2.05, 4.69) is 4.98 Å². The van der Waals surface area contributed by atoms with Gasteiger partial charge in [0.2, 0.25) is 0 Å². The molecule has 1 fully saturated rings. The molecule has 4 rings (SSSR count). The molecular weight excluding hydrogens is 644 g/mol. The third-order valence-corrected chi connectivity index (χ3v) is 8.10. The van der Waals surface area contributed by atoms with Crippen LogP contribution in [-0.4, -0.2) is 51.2 Å². The van der Waals surface area contributed by atoms with Gasteiger partial charge in [-0.1, -0.05) is 25.5 Å². The molecule has 1 amide bonds. The van der Waals surface area contributed by atoms with Crippen molar-refractivity contribution >= 4 is 17.9 Å². The minimum Gasteiger partial charge on any atom is -0.481 e. The number of halogens is 6. The number of carboxylic acids is 1. The summed E-state index contributed by atoms with van der Waals surface area (Å²) in [6, 6.07) is 8.56. The van der Waals surface area contributed by atoms with Crippen LogP contribution in [0.3, 0.4) is 0 Å². The quantitative estimate of drug-likeness (QED) is 0.193. The van der Waals surface area contributed by atoms with Gasteiger partial charge in [0.25, 0.3) is 0 Å². The van der Waals surface area contributed by atoms with Crippen molar-refractivity contribution in [3.05, 3.63) is 76.6 Å². The van der Waals surface area contributed by atoms with E-state index in [0.29, 0.717) is 54.3 Å². The first kappa shape index (κ1) is 36.0. The number of cyclic esters (lactones) is 1. The summed E-state index contributed by atoms with van der Waals surface area (Å²) in [5.41, 5.74) is -1.92. The number of hydrogen-bond acceptors (Lipinski definition) is 7. The van der Waals surface area contributed by atoms with E-state index in [1.807, 2.05) is 24.8 Å². The van der Waals surface area contributed by atoms with E-state index in [0.717, 1.165) is 11.3 Å². The second kappa shape index (κ2) is 14.5. The van der Waals surface area contributed by atoms with Crippen molar-refractivity contribution < 1.29 is 45.8 Å². The first-order valence-corrected chi connectivity index (χ1v) is 15.1. The lowest BCUT2D eigenvalue weighted by Crippen LogP contribution is -2.35. The van der Waals surface area contributed by atoms with Crippen molar-refractivity contribution in [1.82, 2.24) is 14.9 Å². The molecule has 15 heteroatoms. The van der Waals surface area contributed by atoms with Crippen LogP contribution < -0.4 is 4.90 Å². The molecule has 2 aromatic carbocycles. The molecule has 48 heavy (non-hydrogen) atoms. The summed E-state index contributed by atoms with van der Waals surface area (Å²) in [6.07, 6.45) is -9.87. The van der Waals surface area contributed by atoms with E-state index in [1.165, 1.54) is 13.1 Å². The predicted octanol–water partition coefficient (Wildman–Crippen LogP) is 7.85. The third kappa shape index (κ3) is 8.34. The van der Waals surface area contributed by atoms with E-state index < -0.39 is 53.3 Å². The zero-order chi connectivity index (χ0) is 35.4. The summed E-state index contributed by atoms with van der Waals surface area (Å²) >= 11 is 0. The molecule has 1 N–H and O–H groups in total. The van der Waals surface area contributed by atoms with E-state index in [1.54, 1.807) is 24.3 Å². The molecule has 0 saturated carbocycles. The number of aliphatic carboxylic acids is 1. The van der Waals surface area contributed by atoms with Crippen LogP contribution >= 0.6 is 0 Å². The maximum Gasteiger partial charge on any atom is 0.416 e. The third-order valence-electron chi connectivity index (χ3n) is 8.10. The Morgan fingerprint density at radius 1 is 1.08 bits per heavy atom. The highest BCUT2D eigenvalue weighted by Crippen LogP contribution is 2.41. The second-order valence-electron chi connectivity index (χ2n) is 11.5. The lowest BCUT2D eigenvalue weighted by atomic mass is 9.97. The fourth-order valence-corrected chi connectivity index (χ4v) is 5.70. The van der Waals surface area contributed by atoms with Crippen LogP contribution in [-0.2, 0) is 28.4 Å². The molecule has 1 aliphatic rings. The van der Waals surface area contributed by atoms with Gasteiger partial charge in [0.05, 0.1) is 47.2 Å². The van der Waals surface area contributed by atoms with Crippen LogP contribution in [0.25, 0.3) is 11.3 Å². The fraction of sp³-hybridized carbons (Fsp3) is 0.424. The molecule has 3 atom stereocenters. The monoisotopic (exact) mass is 677 g/mol. The standard InChI is InChI=1S/C33H33F6N5O4/c1-4-6-21(11-28(45)46)17-43(5-2)30-27(42-26(16-41-30)22-9-7-20(15-40)8-10-22)18-44-19(3)29(48-31(44)47)23-12-24(32(34,35)36)14-25(13-23)33(37,38)39/h7-10,12-14,16,19,21,29H,4-6,11,17-18H2,1-3H3,(H,45,46)/t19-,21-,29?/m0/s1. The Balaban J connectivity index is 1.75. The highest BCUT2D eigenvalue weighted by Gasteiger charge is 2.44. The van der Waals surface area contributed by atoms with E-state index >= 15 is 0 Å². The summed E-state index contributed by atoms with van der Waals surface area (Å²) in [5.74, 6) is -0.887. The average Bonchev–Trinajstić information content (AvgIpc) is 3.31. The van der Waals surface area contributed by atoms with E-state index in [-0.39, 0.29) is 30.6 Å². The molecule has 3 aromatic rings. The molecule has 1 unspecified atom stereocenters. The molecular formula is C33H33F6N5O4. The number of rotatable bonds is 12. The maximum absolute atomic E-state index is 13.6. The maximum atomic E-state index is 13.6. The van der Waals surface area contributed by atoms with Crippen LogP contribution in [0.1, 0.15) is 74.1 Å². The van der Waals surface area contributed by atoms with Crippen LogP contribution in [0.4, 0.5) is 37.0 Å². The molecule has 0 spiro atoms. The van der Waals surface area contributed by atoms with Gasteiger partial charge >= 0.3 is 24.4 Å². The highest BCUT2D eigenvalue weighted by atomic mass is 19.4. The van der Waals surface area contributed by atoms with Crippen molar-refractivity contribution in [2.75, 3.05) is 18.0 Å². The zero-order valence-electron chi connectivity index (χ0n) is 26.3. The van der Waals surface area contributed by atoms with Gasteiger partial charge in [0, 0.05) is 25.1 Å². The number of ether oxygens (including phenoxy) is 1. The summed E-state index contributed by atoms with van der Waals surface area (Å²) in [4.78, 5) is 37.1. The van der Waals surface area contributed by atoms with E-state index in [9.17, 15) is 46.3 Å². The van der Waals surface area contributed by atoms with Crippen LogP contribution in [0.5, 0.6) is 0 Å². The molecule has 1 aliphatic heterocycles. The van der Waals surface area contributed by atoms with Gasteiger partial charge in [-0.2, -0.15) is 31.6 Å². The predicted molar refractivity (Wildman–Crippen MR) is 161 cm³/mol. The highest BCUT2D eigenvalue weighted by molar-refractivity contribution is 5.72. The van der Waals surface area contributed by atoms with Gasteiger partial charge in [0.15, 0.2) is 5.82 Å². The summed E-state index contributed by atoms with van der Waals surface area (Å²) in [6.45, 7) is 5.61. The number of nitrogens with zero attached hydrogens (tertiary/aromatic N) is 5. The summed E-state index contributed by atoms with van der Waals surface area (Å²) in [5, 5.41) is 18.6. The minimum atomic E-state index is -5.09. The van der Waals surface area contributed by atoms with Gasteiger partial charge in [-0.25, -0.2) is 14.8 Å². The summed E-state index contributed by atoms with van der Waals surface area (Å²) < 4.78 is 86.9. The Morgan fingerprint density at radius 3 is 2.23 bits per heavy atom. The van der Waals surface area contributed by atoms with Gasteiger partial charge in [-0.15, -0.1) is 0 Å². The topological polar surface area (TPSA) is 120 Å². The van der Waals surface area contributed by atoms with Crippen molar-refractivity contribution in [1.29, 1.82) is 5.26 Å². The lowest BCUT2D eigenvalue weighted by Gasteiger charge is -2.29. The first-order chi connectivity index (χ1) is 22.5. The average molecular weight is 678 g/mol. The Morgan fingerprint density at radius 2 is 1.71 bits per heavy atom. The molecule has 0 bridgehead atoms. The van der Waals surface area contributed by atoms with Crippen molar-refractivity contribution in [2.24, 2.45) is 5.92 Å². The number of hydrogen-bond donors (Lipinski definition) is 1. The van der Waals surface area contributed by atoms with Gasteiger partial charge in [-0.3, -0.25) is 9.69 Å². The SMILES string of the molecule is CCC[C@@H](CC(=O)O)CN(CC)c1ncc(-c2ccc(C#N)cc2)nc1CN1C(=O)OC(c2cc(C(F)(F)F)cc(C(F)(F)F)c2)[C@@H]1C. The van der Waals surface area contributed by atoms with Crippen molar-refractivity contribution in [3.63, 3.8) is 0 Å². The van der Waals surface area contributed by atoms with Gasteiger partial charge in [-0.05, 0) is 62.1 Å². The Kier molecular flexibility index (Phi) is 10.9. The number of alkyl halides is 6. The number of carbonyl (C=O) groups is 2. The number of carbonyl (C=O) groups excluding carboxylic acids is 1. The molecule has 2 heterocycles.